The van der Waals surface area contributed by atoms with E-state index in [2.05, 4.69) is 32.0 Å². The Morgan fingerprint density at radius 3 is 2.73 bits per heavy atom. The van der Waals surface area contributed by atoms with Crippen LogP contribution in [0.1, 0.15) is 35.9 Å². The van der Waals surface area contributed by atoms with Crippen LogP contribution in [-0.2, 0) is 13.0 Å². The number of anilines is 1. The Morgan fingerprint density at radius 2 is 2.03 bits per heavy atom. The van der Waals surface area contributed by atoms with Crippen molar-refractivity contribution in [2.24, 2.45) is 0 Å². The van der Waals surface area contributed by atoms with Crippen molar-refractivity contribution in [3.05, 3.63) is 58.5 Å². The second-order valence-electron chi connectivity index (χ2n) is 7.15. The van der Waals surface area contributed by atoms with E-state index in [-0.39, 0.29) is 5.91 Å². The highest BCUT2D eigenvalue weighted by atomic mass is 79.9. The van der Waals surface area contributed by atoms with Crippen LogP contribution in [0.3, 0.4) is 0 Å². The molecule has 1 amide bonds. The van der Waals surface area contributed by atoms with Gasteiger partial charge in [0.25, 0.3) is 5.91 Å². The van der Waals surface area contributed by atoms with E-state index < -0.39 is 0 Å². The molecule has 0 saturated heterocycles. The predicted molar refractivity (Wildman–Crippen MR) is 120 cm³/mol. The van der Waals surface area contributed by atoms with E-state index >= 15 is 0 Å². The number of hydrogen-bond donors (Lipinski definition) is 1. The molecule has 6 nitrogen and oxygen atoms in total. The maximum absolute atomic E-state index is 12.7. The number of carbonyl (C=O) groups is 1. The van der Waals surface area contributed by atoms with Crippen molar-refractivity contribution < 1.29 is 14.3 Å². The number of imidazole rings is 1. The Labute approximate surface area is 184 Å². The molecule has 156 valence electrons. The predicted octanol–water partition coefficient (Wildman–Crippen LogP) is 5.31. The van der Waals surface area contributed by atoms with Gasteiger partial charge >= 0.3 is 0 Å². The molecule has 4 rings (SSSR count). The number of nitrogens with zero attached hydrogens (tertiary/aromatic N) is 2. The van der Waals surface area contributed by atoms with Crippen molar-refractivity contribution in [1.82, 2.24) is 9.55 Å². The molecular formula is C23H24BrN3O3. The Morgan fingerprint density at radius 1 is 1.23 bits per heavy atom. The lowest BCUT2D eigenvalue weighted by Crippen LogP contribution is -2.12. The highest BCUT2D eigenvalue weighted by molar-refractivity contribution is 9.10. The summed E-state index contributed by atoms with van der Waals surface area (Å²) in [6.45, 7) is 3.44. The van der Waals surface area contributed by atoms with Gasteiger partial charge in [0.15, 0.2) is 11.5 Å². The lowest BCUT2D eigenvalue weighted by atomic mass is 10.1. The molecule has 0 atom stereocenters. The first kappa shape index (κ1) is 20.5. The number of rotatable bonds is 6. The molecule has 0 fully saturated rings. The normalized spacial score (nSPS) is 12.9. The van der Waals surface area contributed by atoms with E-state index in [4.69, 9.17) is 14.5 Å². The number of amides is 1. The van der Waals surface area contributed by atoms with Crippen molar-refractivity contribution in [2.45, 2.75) is 32.7 Å². The molecule has 3 aromatic rings. The number of halogens is 1. The zero-order chi connectivity index (χ0) is 21.1. The second-order valence-corrected chi connectivity index (χ2v) is 8.00. The quantitative estimate of drug-likeness (QED) is 0.531. The third-order valence-corrected chi connectivity index (χ3v) is 5.72. The number of carbonyl (C=O) groups excluding carboxylic acids is 1. The minimum Gasteiger partial charge on any atom is -0.493 e. The van der Waals surface area contributed by atoms with Crippen LogP contribution in [0, 0.1) is 0 Å². The molecular weight excluding hydrogens is 446 g/mol. The molecule has 2 heterocycles. The number of aryl methyl sites for hydroxylation is 2. The Kier molecular flexibility index (Phi) is 6.08. The number of benzene rings is 2. The van der Waals surface area contributed by atoms with Crippen LogP contribution in [0.25, 0.3) is 11.3 Å². The number of nitrogens with one attached hydrogen (secondary N) is 1. The van der Waals surface area contributed by atoms with Crippen molar-refractivity contribution >= 4 is 27.5 Å². The van der Waals surface area contributed by atoms with E-state index in [0.717, 1.165) is 35.7 Å². The summed E-state index contributed by atoms with van der Waals surface area (Å²) >= 11 is 3.46. The van der Waals surface area contributed by atoms with Gasteiger partial charge in [-0.15, -0.1) is 0 Å². The molecule has 0 spiro atoms. The molecule has 0 bridgehead atoms. The van der Waals surface area contributed by atoms with E-state index in [1.807, 2.05) is 31.2 Å². The highest BCUT2D eigenvalue weighted by Crippen LogP contribution is 2.37. The molecule has 0 unspecified atom stereocenters. The number of fused-ring (bicyclic) bond motifs is 1. The van der Waals surface area contributed by atoms with Crippen LogP contribution in [0.15, 0.2) is 47.1 Å². The zero-order valence-corrected chi connectivity index (χ0v) is 18.7. The first-order chi connectivity index (χ1) is 14.6. The largest absolute Gasteiger partial charge is 0.493 e. The van der Waals surface area contributed by atoms with Crippen LogP contribution in [0.4, 0.5) is 5.69 Å². The zero-order valence-electron chi connectivity index (χ0n) is 17.1. The fourth-order valence-electron chi connectivity index (χ4n) is 3.61. The fourth-order valence-corrected chi connectivity index (χ4v) is 4.17. The van der Waals surface area contributed by atoms with Crippen LogP contribution >= 0.6 is 15.9 Å². The van der Waals surface area contributed by atoms with Gasteiger partial charge in [0.1, 0.15) is 5.82 Å². The van der Waals surface area contributed by atoms with Crippen LogP contribution in [0.2, 0.25) is 0 Å². The third kappa shape index (κ3) is 4.21. The van der Waals surface area contributed by atoms with Gasteiger partial charge in [-0.05, 0) is 60.0 Å². The molecule has 0 saturated carbocycles. The van der Waals surface area contributed by atoms with E-state index in [0.29, 0.717) is 28.1 Å². The lowest BCUT2D eigenvalue weighted by molar-refractivity contribution is 0.102. The average Bonchev–Trinajstić information content (AvgIpc) is 3.20. The summed E-state index contributed by atoms with van der Waals surface area (Å²) in [5.74, 6) is 2.03. The van der Waals surface area contributed by atoms with Crippen molar-refractivity contribution in [3.8, 4) is 22.8 Å². The average molecular weight is 470 g/mol. The van der Waals surface area contributed by atoms with Crippen LogP contribution in [-0.4, -0.2) is 29.2 Å². The van der Waals surface area contributed by atoms with E-state index in [9.17, 15) is 4.79 Å². The maximum Gasteiger partial charge on any atom is 0.255 e. The van der Waals surface area contributed by atoms with Crippen LogP contribution in [0.5, 0.6) is 11.5 Å². The summed E-state index contributed by atoms with van der Waals surface area (Å²) in [5, 5.41) is 2.93. The summed E-state index contributed by atoms with van der Waals surface area (Å²) in [7, 11) is 1.55. The van der Waals surface area contributed by atoms with Gasteiger partial charge in [0.2, 0.25) is 0 Å². The number of ether oxygens (including phenoxy) is 2. The summed E-state index contributed by atoms with van der Waals surface area (Å²) in [4.78, 5) is 17.5. The Balaban J connectivity index is 1.50. The van der Waals surface area contributed by atoms with Gasteiger partial charge in [-0.1, -0.05) is 12.1 Å². The van der Waals surface area contributed by atoms with Crippen molar-refractivity contribution in [3.63, 3.8) is 0 Å². The first-order valence-electron chi connectivity index (χ1n) is 10.1. The third-order valence-electron chi connectivity index (χ3n) is 5.13. The topological polar surface area (TPSA) is 65.4 Å². The monoisotopic (exact) mass is 469 g/mol. The van der Waals surface area contributed by atoms with Gasteiger partial charge in [-0.3, -0.25) is 4.79 Å². The number of aromatic nitrogens is 2. The highest BCUT2D eigenvalue weighted by Gasteiger charge is 2.16. The van der Waals surface area contributed by atoms with Gasteiger partial charge < -0.3 is 19.4 Å². The molecule has 30 heavy (non-hydrogen) atoms. The molecule has 1 aliphatic heterocycles. The minimum absolute atomic E-state index is 0.220. The molecule has 1 aliphatic rings. The summed E-state index contributed by atoms with van der Waals surface area (Å²) in [5.41, 5.74) is 3.22. The first-order valence-corrected chi connectivity index (χ1v) is 10.9. The molecule has 2 aromatic carbocycles. The molecule has 0 aliphatic carbocycles. The number of hydrogen-bond acceptors (Lipinski definition) is 4. The standard InChI is InChI=1S/C23H24BrN3O3/c1-3-30-22-18(24)12-16(13-20(22)29-2)23(28)25-17-9-7-15(8-10-17)19-14-27-11-5-4-6-21(27)26-19/h7-10,12-14H,3-6,11H2,1-2H3,(H,25,28). The minimum atomic E-state index is -0.220. The summed E-state index contributed by atoms with van der Waals surface area (Å²) in [6, 6.07) is 11.2. The van der Waals surface area contributed by atoms with Gasteiger partial charge in [-0.2, -0.15) is 0 Å². The molecule has 1 N–H and O–H groups in total. The molecule has 7 heteroatoms. The van der Waals surface area contributed by atoms with E-state index in [1.165, 1.54) is 12.8 Å². The molecule has 1 aromatic heterocycles. The van der Waals surface area contributed by atoms with E-state index in [1.54, 1.807) is 19.2 Å². The number of methoxy groups -OCH3 is 1. The smallest absolute Gasteiger partial charge is 0.255 e. The van der Waals surface area contributed by atoms with Crippen LogP contribution < -0.4 is 14.8 Å². The molecule has 0 radical (unpaired) electrons. The summed E-state index contributed by atoms with van der Waals surface area (Å²) < 4.78 is 13.9. The van der Waals surface area contributed by atoms with Gasteiger partial charge in [-0.25, -0.2) is 4.98 Å². The lowest BCUT2D eigenvalue weighted by Gasteiger charge is -2.13. The summed E-state index contributed by atoms with van der Waals surface area (Å²) in [6.07, 6.45) is 5.56. The Hall–Kier alpha value is -2.80. The Bertz CT molecular complexity index is 1040. The van der Waals surface area contributed by atoms with Gasteiger partial charge in [0, 0.05) is 36.0 Å². The fraction of sp³-hybridized carbons (Fsp3) is 0.304. The van der Waals surface area contributed by atoms with Crippen molar-refractivity contribution in [2.75, 3.05) is 19.0 Å². The van der Waals surface area contributed by atoms with Gasteiger partial charge in [0.05, 0.1) is 23.9 Å². The second kappa shape index (κ2) is 8.92. The maximum atomic E-state index is 12.7. The SMILES string of the molecule is CCOc1c(Br)cc(C(=O)Nc2ccc(-c3cn4c(n3)CCCC4)cc2)cc1OC. The van der Waals surface area contributed by atoms with Crippen molar-refractivity contribution in [1.29, 1.82) is 0 Å².